The highest BCUT2D eigenvalue weighted by Gasteiger charge is 2.44. The van der Waals surface area contributed by atoms with Gasteiger partial charge in [0.15, 0.2) is 6.29 Å². The Morgan fingerprint density at radius 2 is 1.09 bits per heavy atom. The van der Waals surface area contributed by atoms with Crippen LogP contribution in [0.3, 0.4) is 0 Å². The van der Waals surface area contributed by atoms with E-state index in [1.165, 1.54) is 57.8 Å². The monoisotopic (exact) mass is 791 g/mol. The quantitative estimate of drug-likeness (QED) is 0.0276. The number of ether oxygens (including phenoxy) is 4. The number of rotatable bonds is 37. The summed E-state index contributed by atoms with van der Waals surface area (Å²) in [6, 6.07) is 0. The van der Waals surface area contributed by atoms with Gasteiger partial charge in [-0.05, 0) is 70.6 Å². The van der Waals surface area contributed by atoms with Crippen LogP contribution >= 0.6 is 0 Å². The Morgan fingerprint density at radius 1 is 0.589 bits per heavy atom. The minimum atomic E-state index is -1.54. The van der Waals surface area contributed by atoms with Crippen LogP contribution in [0.25, 0.3) is 0 Å². The fourth-order valence-corrected chi connectivity index (χ4v) is 6.40. The fraction of sp³-hybridized carbons (Fsp3) is 0.766. The van der Waals surface area contributed by atoms with Crippen molar-refractivity contribution in [1.82, 2.24) is 0 Å². The lowest BCUT2D eigenvalue weighted by molar-refractivity contribution is -0.305. The van der Waals surface area contributed by atoms with Crippen LogP contribution in [0.15, 0.2) is 60.8 Å². The summed E-state index contributed by atoms with van der Waals surface area (Å²) in [7, 11) is 0. The zero-order valence-electron chi connectivity index (χ0n) is 35.4. The average molecular weight is 791 g/mol. The van der Waals surface area contributed by atoms with Gasteiger partial charge in [-0.2, -0.15) is 0 Å². The van der Waals surface area contributed by atoms with Crippen molar-refractivity contribution in [3.05, 3.63) is 60.8 Å². The molecule has 9 nitrogen and oxygen atoms in total. The smallest absolute Gasteiger partial charge is 0.306 e. The Labute approximate surface area is 341 Å². The highest BCUT2D eigenvalue weighted by molar-refractivity contribution is 5.69. The first-order valence-electron chi connectivity index (χ1n) is 22.4. The van der Waals surface area contributed by atoms with E-state index < -0.39 is 43.4 Å². The molecule has 6 atom stereocenters. The first kappa shape index (κ1) is 51.9. The zero-order valence-corrected chi connectivity index (χ0v) is 35.4. The first-order valence-corrected chi connectivity index (χ1v) is 22.4. The summed E-state index contributed by atoms with van der Waals surface area (Å²) in [6.07, 6.45) is 41.1. The maximum Gasteiger partial charge on any atom is 0.306 e. The zero-order chi connectivity index (χ0) is 40.7. The molecule has 0 aromatic heterocycles. The van der Waals surface area contributed by atoms with Crippen LogP contribution in [0.2, 0.25) is 0 Å². The molecule has 1 saturated heterocycles. The number of esters is 1. The molecule has 0 aromatic rings. The first-order chi connectivity index (χ1) is 27.4. The van der Waals surface area contributed by atoms with E-state index in [0.29, 0.717) is 13.0 Å². The van der Waals surface area contributed by atoms with E-state index in [-0.39, 0.29) is 19.2 Å². The molecule has 0 aromatic carbocycles. The number of aliphatic hydroxyl groups excluding tert-OH is 4. The lowest BCUT2D eigenvalue weighted by Crippen LogP contribution is -2.59. The Balaban J connectivity index is 2.23. The summed E-state index contributed by atoms with van der Waals surface area (Å²) in [5.74, 6) is -0.329. The van der Waals surface area contributed by atoms with Gasteiger partial charge in [-0.15, -0.1) is 0 Å². The van der Waals surface area contributed by atoms with Crippen LogP contribution in [-0.4, -0.2) is 89.6 Å². The number of allylic oxidation sites excluding steroid dienone is 10. The number of hydrogen-bond acceptors (Lipinski definition) is 9. The maximum atomic E-state index is 12.7. The van der Waals surface area contributed by atoms with Crippen molar-refractivity contribution < 1.29 is 44.2 Å². The van der Waals surface area contributed by atoms with Crippen molar-refractivity contribution in [3.63, 3.8) is 0 Å². The van der Waals surface area contributed by atoms with E-state index in [1.54, 1.807) is 0 Å². The van der Waals surface area contributed by atoms with Gasteiger partial charge < -0.3 is 39.4 Å². The third-order valence-electron chi connectivity index (χ3n) is 9.92. The van der Waals surface area contributed by atoms with Gasteiger partial charge in [-0.1, -0.05) is 152 Å². The van der Waals surface area contributed by atoms with E-state index in [2.05, 4.69) is 74.6 Å². The second-order valence-corrected chi connectivity index (χ2v) is 15.1. The standard InChI is InChI=1S/C47H82O9/c1-3-5-7-9-11-13-15-16-17-18-19-20-21-22-23-24-25-27-29-31-33-35-37-53-39-41(40-54-47-46(52)45(51)44(50)42(38-48)56-47)55-43(49)36-34-32-30-28-26-14-12-10-8-6-4-2/h5,7,10-13,16-17,19-20,41-42,44-48,50-52H,3-4,6,8-9,14-15,18,21-40H2,1-2H3/b7-5-,12-10-,13-11-,17-16-,20-19-. The SMILES string of the molecule is CC/C=C\C/C=C\C/C=C\C/C=C\CCCCCCCCCCCOCC(COC1OC(CO)C(O)C(O)C1O)OC(=O)CCCCCCC/C=C\CCCC. The molecule has 0 spiro atoms. The average Bonchev–Trinajstić information content (AvgIpc) is 3.20. The Bertz CT molecular complexity index is 1040. The second-order valence-electron chi connectivity index (χ2n) is 15.1. The fourth-order valence-electron chi connectivity index (χ4n) is 6.40. The Morgan fingerprint density at radius 3 is 1.66 bits per heavy atom. The highest BCUT2D eigenvalue weighted by atomic mass is 16.7. The van der Waals surface area contributed by atoms with Gasteiger partial charge in [0.25, 0.3) is 0 Å². The van der Waals surface area contributed by atoms with Gasteiger partial charge in [0, 0.05) is 13.0 Å². The van der Waals surface area contributed by atoms with Gasteiger partial charge in [0.2, 0.25) is 0 Å². The van der Waals surface area contributed by atoms with E-state index in [9.17, 15) is 25.2 Å². The van der Waals surface area contributed by atoms with Gasteiger partial charge >= 0.3 is 5.97 Å². The van der Waals surface area contributed by atoms with Gasteiger partial charge in [-0.3, -0.25) is 4.79 Å². The molecular formula is C47H82O9. The second kappa shape index (κ2) is 38.4. The van der Waals surface area contributed by atoms with Crippen molar-refractivity contribution in [3.8, 4) is 0 Å². The van der Waals surface area contributed by atoms with Crippen molar-refractivity contribution in [1.29, 1.82) is 0 Å². The van der Waals surface area contributed by atoms with E-state index in [1.807, 2.05) is 0 Å². The lowest BCUT2D eigenvalue weighted by atomic mass is 9.99. The van der Waals surface area contributed by atoms with Crippen LogP contribution in [0.1, 0.15) is 168 Å². The summed E-state index contributed by atoms with van der Waals surface area (Å²) in [4.78, 5) is 12.7. The van der Waals surface area contributed by atoms with Crippen LogP contribution in [0, 0.1) is 0 Å². The molecule has 1 aliphatic heterocycles. The Hall–Kier alpha value is -2.11. The normalized spacial score (nSPS) is 21.1. The molecule has 56 heavy (non-hydrogen) atoms. The predicted octanol–water partition coefficient (Wildman–Crippen LogP) is 9.91. The minimum Gasteiger partial charge on any atom is -0.457 e. The molecule has 0 amide bonds. The van der Waals surface area contributed by atoms with Gasteiger partial charge in [0.1, 0.15) is 30.5 Å². The maximum absolute atomic E-state index is 12.7. The van der Waals surface area contributed by atoms with Crippen molar-refractivity contribution in [2.45, 2.75) is 205 Å². The molecule has 1 heterocycles. The number of unbranched alkanes of at least 4 members (excludes halogenated alkanes) is 16. The predicted molar refractivity (Wildman–Crippen MR) is 228 cm³/mol. The molecule has 4 N–H and O–H groups in total. The van der Waals surface area contributed by atoms with Gasteiger partial charge in [-0.25, -0.2) is 0 Å². The summed E-state index contributed by atoms with van der Waals surface area (Å²) < 4.78 is 22.8. The van der Waals surface area contributed by atoms with Crippen LogP contribution in [-0.2, 0) is 23.7 Å². The summed E-state index contributed by atoms with van der Waals surface area (Å²) in [5, 5.41) is 40.1. The van der Waals surface area contributed by atoms with Crippen LogP contribution < -0.4 is 0 Å². The van der Waals surface area contributed by atoms with Gasteiger partial charge in [0.05, 0.1) is 19.8 Å². The van der Waals surface area contributed by atoms with E-state index >= 15 is 0 Å². The molecule has 0 radical (unpaired) electrons. The van der Waals surface area contributed by atoms with E-state index in [4.69, 9.17) is 18.9 Å². The molecule has 0 bridgehead atoms. The Kier molecular flexibility index (Phi) is 35.6. The number of carbonyl (C=O) groups is 1. The molecule has 6 unspecified atom stereocenters. The van der Waals surface area contributed by atoms with Crippen LogP contribution in [0.5, 0.6) is 0 Å². The van der Waals surface area contributed by atoms with Crippen molar-refractivity contribution in [2.24, 2.45) is 0 Å². The minimum absolute atomic E-state index is 0.121. The molecule has 1 aliphatic rings. The van der Waals surface area contributed by atoms with Crippen LogP contribution in [0.4, 0.5) is 0 Å². The van der Waals surface area contributed by atoms with Crippen molar-refractivity contribution >= 4 is 5.97 Å². The molecular weight excluding hydrogens is 709 g/mol. The third-order valence-corrected chi connectivity index (χ3v) is 9.92. The largest absolute Gasteiger partial charge is 0.457 e. The molecule has 0 saturated carbocycles. The molecule has 324 valence electrons. The topological polar surface area (TPSA) is 135 Å². The van der Waals surface area contributed by atoms with Crippen molar-refractivity contribution in [2.75, 3.05) is 26.4 Å². The molecule has 9 heteroatoms. The summed E-state index contributed by atoms with van der Waals surface area (Å²) in [6.45, 7) is 4.37. The third kappa shape index (κ3) is 29.2. The number of carbonyl (C=O) groups excluding carboxylic acids is 1. The summed E-state index contributed by atoms with van der Waals surface area (Å²) >= 11 is 0. The molecule has 1 fully saturated rings. The number of aliphatic hydroxyl groups is 4. The molecule has 0 aliphatic carbocycles. The molecule has 1 rings (SSSR count). The number of hydrogen-bond donors (Lipinski definition) is 4. The summed E-state index contributed by atoms with van der Waals surface area (Å²) in [5.41, 5.74) is 0. The van der Waals surface area contributed by atoms with E-state index in [0.717, 1.165) is 89.9 Å². The lowest BCUT2D eigenvalue weighted by Gasteiger charge is -2.39. The highest BCUT2D eigenvalue weighted by Crippen LogP contribution is 2.22.